The van der Waals surface area contributed by atoms with E-state index in [0.29, 0.717) is 0 Å². The highest BCUT2D eigenvalue weighted by molar-refractivity contribution is 7.13. The summed E-state index contributed by atoms with van der Waals surface area (Å²) in [6, 6.07) is 3.13. The second kappa shape index (κ2) is 5.82. The molecule has 0 saturated carbocycles. The van der Waals surface area contributed by atoms with Gasteiger partial charge in [-0.1, -0.05) is 11.3 Å². The van der Waals surface area contributed by atoms with Gasteiger partial charge in [-0.2, -0.15) is 0 Å². The quantitative estimate of drug-likeness (QED) is 0.297. The van der Waals surface area contributed by atoms with Crippen LogP contribution < -0.4 is 0 Å². The molecule has 0 aromatic carbocycles. The van der Waals surface area contributed by atoms with Crippen LogP contribution in [0.3, 0.4) is 0 Å². The Morgan fingerprint density at radius 1 is 1.73 bits per heavy atom. The Balaban J connectivity index is 0.000000292. The van der Waals surface area contributed by atoms with Crippen LogP contribution in [0.4, 0.5) is 5.00 Å². The van der Waals surface area contributed by atoms with Crippen molar-refractivity contribution in [2.75, 3.05) is 0 Å². The maximum Gasteiger partial charge on any atom is 0.324 e. The van der Waals surface area contributed by atoms with Gasteiger partial charge in [-0.15, -0.1) is 0 Å². The van der Waals surface area contributed by atoms with Crippen LogP contribution in [0.25, 0.3) is 0 Å². The number of thiophene rings is 1. The molecule has 1 aromatic rings. The minimum atomic E-state index is -0.398. The van der Waals surface area contributed by atoms with E-state index in [9.17, 15) is 10.1 Å². The van der Waals surface area contributed by atoms with Gasteiger partial charge in [0.15, 0.2) is 0 Å². The van der Waals surface area contributed by atoms with E-state index >= 15 is 0 Å². The van der Waals surface area contributed by atoms with Crippen LogP contribution in [0.15, 0.2) is 17.5 Å². The van der Waals surface area contributed by atoms with E-state index in [4.69, 9.17) is 4.79 Å². The Morgan fingerprint density at radius 2 is 2.27 bits per heavy atom. The Hall–Kier alpha value is -0.940. The monoisotopic (exact) mass is 193 g/mol. The molecule has 1 aromatic heterocycles. The molecule has 6 heteroatoms. The van der Waals surface area contributed by atoms with Crippen molar-refractivity contribution in [3.8, 4) is 0 Å². The van der Waals surface area contributed by atoms with Crippen LogP contribution in [-0.2, 0) is 4.79 Å². The molecule has 0 atom stereocenters. The van der Waals surface area contributed by atoms with Gasteiger partial charge in [0.2, 0.25) is 5.75 Å². The molecule has 0 radical (unpaired) electrons. The number of carbonyl (C=O) groups excluding carboxylic acids is 1. The van der Waals surface area contributed by atoms with E-state index in [1.807, 2.05) is 0 Å². The second-order valence-electron chi connectivity index (χ2n) is 1.30. The second-order valence-corrected chi connectivity index (χ2v) is 2.40. The molecule has 0 unspecified atom stereocenters. The molecule has 0 spiro atoms. The lowest BCUT2D eigenvalue weighted by atomic mass is 10.6. The highest BCUT2D eigenvalue weighted by Crippen LogP contribution is 2.16. The molecule has 60 valence electrons. The van der Waals surface area contributed by atoms with Crippen LogP contribution in [0.5, 0.6) is 0 Å². The van der Waals surface area contributed by atoms with Crippen LogP contribution >= 0.6 is 22.9 Å². The van der Waals surface area contributed by atoms with Crippen molar-refractivity contribution in [3.63, 3.8) is 0 Å². The van der Waals surface area contributed by atoms with Gasteiger partial charge >= 0.3 is 5.00 Å². The number of rotatable bonds is 1. The van der Waals surface area contributed by atoms with Gasteiger partial charge in [-0.3, -0.25) is 14.9 Å². The first-order chi connectivity index (χ1) is 5.22. The summed E-state index contributed by atoms with van der Waals surface area (Å²) in [6.07, 6.45) is 0. The van der Waals surface area contributed by atoms with Gasteiger partial charge in [-0.25, -0.2) is 0 Å². The molecule has 1 heterocycles. The zero-order valence-corrected chi connectivity index (χ0v) is 6.84. The first kappa shape index (κ1) is 10.1. The largest absolute Gasteiger partial charge is 0.324 e. The van der Waals surface area contributed by atoms with Gasteiger partial charge in [0.1, 0.15) is 0 Å². The van der Waals surface area contributed by atoms with Crippen molar-refractivity contribution in [3.05, 3.63) is 27.6 Å². The number of nitrogens with zero attached hydrogens (tertiary/aromatic N) is 1. The Kier molecular flexibility index (Phi) is 5.32. The molecule has 0 N–H and O–H groups in total. The smallest absolute Gasteiger partial charge is 0.285 e. The normalized spacial score (nSPS) is 7.73. The molecule has 0 amide bonds. The zero-order valence-electron chi connectivity index (χ0n) is 5.27. The summed E-state index contributed by atoms with van der Waals surface area (Å²) in [5.74, 6) is 0.222. The summed E-state index contributed by atoms with van der Waals surface area (Å²) < 4.78 is 0. The highest BCUT2D eigenvalue weighted by Gasteiger charge is 2.01. The average Bonchev–Trinajstić information content (AvgIpc) is 2.38. The number of hydrogen-bond donors (Lipinski definition) is 0. The molecule has 0 aliphatic carbocycles. The van der Waals surface area contributed by atoms with Crippen molar-refractivity contribution in [1.29, 1.82) is 0 Å². The standard InChI is InChI=1S/C4H3NO2S.CHClO/c6-5(7)4-2-1-3-8-4;2-1-3/h1-3H;1H. The van der Waals surface area contributed by atoms with Crippen LogP contribution in [0, 0.1) is 10.1 Å². The van der Waals surface area contributed by atoms with Gasteiger partial charge in [0.05, 0.1) is 4.92 Å². The van der Waals surface area contributed by atoms with Gasteiger partial charge in [0.25, 0.3) is 0 Å². The Bertz CT molecular complexity index is 224. The first-order valence-corrected chi connectivity index (χ1v) is 3.75. The lowest BCUT2D eigenvalue weighted by Crippen LogP contribution is -1.80. The van der Waals surface area contributed by atoms with E-state index in [0.717, 1.165) is 11.3 Å². The summed E-state index contributed by atoms with van der Waals surface area (Å²) in [6.45, 7) is 0. The van der Waals surface area contributed by atoms with Crippen LogP contribution in [-0.4, -0.2) is 10.7 Å². The summed E-state index contributed by atoms with van der Waals surface area (Å²) in [5.41, 5.74) is 0. The fraction of sp³-hybridized carbons (Fsp3) is 0. The maximum atomic E-state index is 9.88. The van der Waals surface area contributed by atoms with Gasteiger partial charge in [0, 0.05) is 6.07 Å². The Labute approximate surface area is 71.6 Å². The van der Waals surface area contributed by atoms with E-state index in [1.165, 1.54) is 6.07 Å². The molecule has 0 aliphatic heterocycles. The minimum Gasteiger partial charge on any atom is -0.285 e. The molecule has 4 nitrogen and oxygen atoms in total. The lowest BCUT2D eigenvalue weighted by molar-refractivity contribution is -0.380. The van der Waals surface area contributed by atoms with Crippen molar-refractivity contribution in [2.24, 2.45) is 0 Å². The number of nitro groups is 1. The molecule has 0 bridgehead atoms. The third kappa shape index (κ3) is 4.46. The van der Waals surface area contributed by atoms with Gasteiger partial charge in [-0.05, 0) is 23.0 Å². The minimum absolute atomic E-state index is 0.199. The summed E-state index contributed by atoms with van der Waals surface area (Å²) in [4.78, 5) is 18.1. The topological polar surface area (TPSA) is 60.2 Å². The zero-order chi connectivity index (χ0) is 8.69. The number of hydrogen-bond acceptors (Lipinski definition) is 4. The van der Waals surface area contributed by atoms with Crippen molar-refractivity contribution >= 4 is 33.7 Å². The molecule has 11 heavy (non-hydrogen) atoms. The first-order valence-electron chi connectivity index (χ1n) is 2.44. The summed E-state index contributed by atoms with van der Waals surface area (Å²) >= 11 is 5.45. The SMILES string of the molecule is O=CCl.O=[N+]([O-])c1cccs1. The third-order valence-electron chi connectivity index (χ3n) is 0.686. The number of halogens is 1. The van der Waals surface area contributed by atoms with E-state index < -0.39 is 4.92 Å². The molecular formula is C5H4ClNO3S. The molecule has 0 aliphatic rings. The summed E-state index contributed by atoms with van der Waals surface area (Å²) in [5, 5.41) is 11.8. The van der Waals surface area contributed by atoms with Crippen molar-refractivity contribution < 1.29 is 9.72 Å². The van der Waals surface area contributed by atoms with Crippen LogP contribution in [0.2, 0.25) is 0 Å². The van der Waals surface area contributed by atoms with Gasteiger partial charge < -0.3 is 0 Å². The van der Waals surface area contributed by atoms with E-state index in [1.54, 1.807) is 11.4 Å². The predicted molar refractivity (Wildman–Crippen MR) is 43.6 cm³/mol. The Morgan fingerprint density at radius 3 is 2.45 bits per heavy atom. The third-order valence-corrected chi connectivity index (χ3v) is 1.51. The predicted octanol–water partition coefficient (Wildman–Crippen LogP) is 2.07. The highest BCUT2D eigenvalue weighted by atomic mass is 35.5. The van der Waals surface area contributed by atoms with E-state index in [2.05, 4.69) is 11.6 Å². The number of carbonyl (C=O) groups is 1. The van der Waals surface area contributed by atoms with Crippen molar-refractivity contribution in [1.82, 2.24) is 0 Å². The summed E-state index contributed by atoms with van der Waals surface area (Å²) in [7, 11) is 0. The van der Waals surface area contributed by atoms with Crippen LogP contribution in [0.1, 0.15) is 0 Å². The average molecular weight is 194 g/mol. The molecule has 0 saturated heterocycles. The molecule has 1 rings (SSSR count). The maximum absolute atomic E-state index is 9.88. The fourth-order valence-corrected chi connectivity index (χ4v) is 0.914. The molecular weight excluding hydrogens is 190 g/mol. The van der Waals surface area contributed by atoms with Crippen molar-refractivity contribution in [2.45, 2.75) is 0 Å². The fourth-order valence-electron chi connectivity index (χ4n) is 0.374. The lowest BCUT2D eigenvalue weighted by Gasteiger charge is -1.76. The molecule has 0 fully saturated rings. The van der Waals surface area contributed by atoms with E-state index in [-0.39, 0.29) is 10.7 Å².